The number of hydrogen-bond donors (Lipinski definition) is 1. The summed E-state index contributed by atoms with van der Waals surface area (Å²) >= 11 is 0. The number of amides is 1. The molecule has 9 heteroatoms. The molecule has 0 saturated heterocycles. The number of benzene rings is 1. The van der Waals surface area contributed by atoms with E-state index in [1.165, 1.54) is 6.08 Å². The van der Waals surface area contributed by atoms with Gasteiger partial charge in [0.05, 0.1) is 24.3 Å². The second-order valence-electron chi connectivity index (χ2n) is 8.95. The molecule has 0 fully saturated rings. The molecule has 2 aromatic rings. The Morgan fingerprint density at radius 2 is 2.09 bits per heavy atom. The summed E-state index contributed by atoms with van der Waals surface area (Å²) in [5.74, 6) is 0.727. The zero-order chi connectivity index (χ0) is 23.3. The summed E-state index contributed by atoms with van der Waals surface area (Å²) < 4.78 is 40.4. The third kappa shape index (κ3) is 4.26. The van der Waals surface area contributed by atoms with Gasteiger partial charge in [0, 0.05) is 29.0 Å². The van der Waals surface area contributed by atoms with E-state index < -0.39 is 21.5 Å². The zero-order valence-corrected chi connectivity index (χ0v) is 19.4. The minimum absolute atomic E-state index is 0.0338. The minimum atomic E-state index is -3.25. The largest absolute Gasteiger partial charge is 0.496 e. The maximum atomic E-state index is 12.8. The fourth-order valence-corrected chi connectivity index (χ4v) is 5.55. The summed E-state index contributed by atoms with van der Waals surface area (Å²) in [4.78, 5) is 25.2. The lowest BCUT2D eigenvalue weighted by Crippen LogP contribution is -2.35. The third-order valence-electron chi connectivity index (χ3n) is 6.04. The lowest BCUT2D eigenvalue weighted by Gasteiger charge is -2.33. The van der Waals surface area contributed by atoms with E-state index >= 15 is 0 Å². The fraction of sp³-hybridized carbons (Fsp3) is 0.478. The first-order chi connectivity index (χ1) is 15.0. The summed E-state index contributed by atoms with van der Waals surface area (Å²) in [5.41, 5.74) is 1.61. The summed E-state index contributed by atoms with van der Waals surface area (Å²) in [5, 5.41) is 4.49. The lowest BCUT2D eigenvalue weighted by atomic mass is 9.91. The Kier molecular flexibility index (Phi) is 5.56. The molecule has 2 aliphatic heterocycles. The van der Waals surface area contributed by atoms with Crippen LogP contribution in [0.25, 0.3) is 11.0 Å². The van der Waals surface area contributed by atoms with E-state index in [0.29, 0.717) is 40.0 Å². The molecular weight excluding hydrogens is 434 g/mol. The van der Waals surface area contributed by atoms with Gasteiger partial charge in [-0.3, -0.25) is 4.79 Å². The topological polar surface area (TPSA) is 112 Å². The number of rotatable bonds is 5. The number of fused-ring (bicyclic) bond motifs is 3. The van der Waals surface area contributed by atoms with E-state index in [1.54, 1.807) is 7.11 Å². The average Bonchev–Trinajstić information content (AvgIpc) is 3.04. The summed E-state index contributed by atoms with van der Waals surface area (Å²) in [7, 11) is -1.70. The van der Waals surface area contributed by atoms with Crippen molar-refractivity contribution in [2.24, 2.45) is 0 Å². The van der Waals surface area contributed by atoms with Crippen LogP contribution in [0, 0.1) is 6.92 Å². The minimum Gasteiger partial charge on any atom is -0.496 e. The van der Waals surface area contributed by atoms with Crippen molar-refractivity contribution in [2.45, 2.75) is 58.1 Å². The van der Waals surface area contributed by atoms with Gasteiger partial charge in [-0.05, 0) is 51.7 Å². The molecule has 1 atom stereocenters. The molecule has 1 aromatic carbocycles. The molecule has 4 rings (SSSR count). The van der Waals surface area contributed by atoms with Gasteiger partial charge in [0.25, 0.3) is 0 Å². The molecular formula is C23H27NO7S. The zero-order valence-electron chi connectivity index (χ0n) is 18.6. The number of hydrogen-bond acceptors (Lipinski definition) is 7. The molecule has 3 heterocycles. The molecule has 0 spiro atoms. The molecule has 1 aromatic heterocycles. The molecule has 0 saturated carbocycles. The Balaban J connectivity index is 1.63. The van der Waals surface area contributed by atoms with Crippen molar-refractivity contribution in [3.05, 3.63) is 44.7 Å². The fourth-order valence-electron chi connectivity index (χ4n) is 4.32. The third-order valence-corrected chi connectivity index (χ3v) is 7.43. The molecule has 172 valence electrons. The average molecular weight is 462 g/mol. The summed E-state index contributed by atoms with van der Waals surface area (Å²) in [6.45, 7) is 5.85. The first kappa shape index (κ1) is 22.4. The number of sulfone groups is 1. The van der Waals surface area contributed by atoms with Crippen LogP contribution in [0.4, 0.5) is 0 Å². The normalized spacial score (nSPS) is 20.6. The summed E-state index contributed by atoms with van der Waals surface area (Å²) in [6, 6.07) is 1.28. The predicted octanol–water partition coefficient (Wildman–Crippen LogP) is 2.57. The van der Waals surface area contributed by atoms with E-state index in [9.17, 15) is 18.0 Å². The molecule has 1 N–H and O–H groups in total. The van der Waals surface area contributed by atoms with Gasteiger partial charge >= 0.3 is 5.63 Å². The standard InChI is InChI=1S/C23H27NO7S/c1-13-15(5-6-19(25)24-14-8-10-32(27,28)12-14)22(26)30-21-16-7-9-23(2,3)31-17(16)11-18(29-4)20(13)21/h8,10-11,14H,5-7,9,12H2,1-4H3,(H,24,25)/t14-/m1/s1. The highest BCUT2D eigenvalue weighted by atomic mass is 32.2. The van der Waals surface area contributed by atoms with Crippen molar-refractivity contribution in [1.29, 1.82) is 0 Å². The number of nitrogens with one attached hydrogen (secondary N) is 1. The molecule has 32 heavy (non-hydrogen) atoms. The van der Waals surface area contributed by atoms with Crippen molar-refractivity contribution in [1.82, 2.24) is 5.32 Å². The maximum Gasteiger partial charge on any atom is 0.339 e. The van der Waals surface area contributed by atoms with E-state index in [0.717, 1.165) is 17.4 Å². The Morgan fingerprint density at radius 1 is 1.34 bits per heavy atom. The summed E-state index contributed by atoms with van der Waals surface area (Å²) in [6.07, 6.45) is 3.16. The highest BCUT2D eigenvalue weighted by molar-refractivity contribution is 7.94. The van der Waals surface area contributed by atoms with Crippen LogP contribution >= 0.6 is 0 Å². The maximum absolute atomic E-state index is 12.8. The van der Waals surface area contributed by atoms with Crippen LogP contribution in [-0.2, 0) is 27.5 Å². The second kappa shape index (κ2) is 7.95. The lowest BCUT2D eigenvalue weighted by molar-refractivity contribution is -0.121. The van der Waals surface area contributed by atoms with Crippen LogP contribution in [0.2, 0.25) is 0 Å². The van der Waals surface area contributed by atoms with E-state index in [4.69, 9.17) is 13.9 Å². The van der Waals surface area contributed by atoms with Crippen LogP contribution in [0.1, 0.15) is 43.4 Å². The monoisotopic (exact) mass is 461 g/mol. The molecule has 0 unspecified atom stereocenters. The smallest absolute Gasteiger partial charge is 0.339 e. The molecule has 0 aliphatic carbocycles. The van der Waals surface area contributed by atoms with Gasteiger partial charge in [0.1, 0.15) is 22.7 Å². The molecule has 8 nitrogen and oxygen atoms in total. The van der Waals surface area contributed by atoms with Crippen LogP contribution < -0.4 is 20.4 Å². The van der Waals surface area contributed by atoms with Crippen LogP contribution in [-0.4, -0.2) is 38.8 Å². The Hall–Kier alpha value is -2.81. The second-order valence-corrected chi connectivity index (χ2v) is 10.9. The van der Waals surface area contributed by atoms with Crippen LogP contribution in [0.5, 0.6) is 11.5 Å². The van der Waals surface area contributed by atoms with Crippen molar-refractivity contribution in [3.8, 4) is 11.5 Å². The Morgan fingerprint density at radius 3 is 2.75 bits per heavy atom. The SMILES string of the molecule is COc1cc2c(c3oc(=O)c(CCC(=O)N[C@@H]4C=CS(=O)(=O)C4)c(C)c13)CCC(C)(C)O2. The quantitative estimate of drug-likeness (QED) is 0.681. The first-order valence-corrected chi connectivity index (χ1v) is 12.3. The van der Waals surface area contributed by atoms with Crippen molar-refractivity contribution >= 4 is 26.7 Å². The van der Waals surface area contributed by atoms with E-state index in [1.807, 2.05) is 26.8 Å². The van der Waals surface area contributed by atoms with Crippen molar-refractivity contribution in [2.75, 3.05) is 12.9 Å². The molecule has 1 amide bonds. The molecule has 0 bridgehead atoms. The van der Waals surface area contributed by atoms with Gasteiger partial charge in [-0.2, -0.15) is 0 Å². The number of aryl methyl sites for hydroxylation is 2. The number of carbonyl (C=O) groups excluding carboxylic acids is 1. The number of ether oxygens (including phenoxy) is 2. The highest BCUT2D eigenvalue weighted by Gasteiger charge is 2.31. The first-order valence-electron chi connectivity index (χ1n) is 10.5. The van der Waals surface area contributed by atoms with Crippen LogP contribution in [0.15, 0.2) is 26.8 Å². The van der Waals surface area contributed by atoms with Crippen molar-refractivity contribution < 1.29 is 27.1 Å². The van der Waals surface area contributed by atoms with E-state index in [2.05, 4.69) is 5.32 Å². The predicted molar refractivity (Wildman–Crippen MR) is 120 cm³/mol. The van der Waals surface area contributed by atoms with Gasteiger partial charge in [0.2, 0.25) is 5.91 Å². The highest BCUT2D eigenvalue weighted by Crippen LogP contribution is 2.43. The van der Waals surface area contributed by atoms with Crippen LogP contribution in [0.3, 0.4) is 0 Å². The Bertz CT molecular complexity index is 1290. The molecule has 0 radical (unpaired) electrons. The molecule has 2 aliphatic rings. The van der Waals surface area contributed by atoms with Gasteiger partial charge in [-0.1, -0.05) is 0 Å². The van der Waals surface area contributed by atoms with Gasteiger partial charge in [0.15, 0.2) is 9.84 Å². The van der Waals surface area contributed by atoms with Gasteiger partial charge in [-0.25, -0.2) is 13.2 Å². The Labute approximate surface area is 186 Å². The number of methoxy groups -OCH3 is 1. The van der Waals surface area contributed by atoms with Crippen molar-refractivity contribution in [3.63, 3.8) is 0 Å². The number of carbonyl (C=O) groups is 1. The van der Waals surface area contributed by atoms with Gasteiger partial charge in [-0.15, -0.1) is 0 Å². The van der Waals surface area contributed by atoms with E-state index in [-0.39, 0.29) is 30.1 Å². The van der Waals surface area contributed by atoms with Gasteiger partial charge < -0.3 is 19.2 Å².